The summed E-state index contributed by atoms with van der Waals surface area (Å²) in [5.74, 6) is 0.707. The molecule has 0 aliphatic carbocycles. The van der Waals surface area contributed by atoms with E-state index in [0.29, 0.717) is 5.82 Å². The molecular formula is C8H7BrN4. The molecular weight excluding hydrogens is 232 g/mol. The van der Waals surface area contributed by atoms with Gasteiger partial charge in [-0.2, -0.15) is 10.3 Å². The minimum Gasteiger partial charge on any atom is -0.337 e. The van der Waals surface area contributed by atoms with Crippen LogP contribution in [0.4, 0.5) is 11.5 Å². The van der Waals surface area contributed by atoms with E-state index in [1.54, 1.807) is 6.20 Å². The van der Waals surface area contributed by atoms with Crippen molar-refractivity contribution in [1.82, 2.24) is 15.4 Å². The van der Waals surface area contributed by atoms with Crippen LogP contribution in [0.25, 0.3) is 0 Å². The summed E-state index contributed by atoms with van der Waals surface area (Å²) >= 11 is 3.38. The van der Waals surface area contributed by atoms with Crippen molar-refractivity contribution in [1.29, 1.82) is 0 Å². The number of aromatic nitrogens is 3. The van der Waals surface area contributed by atoms with E-state index in [0.717, 1.165) is 10.2 Å². The van der Waals surface area contributed by atoms with Gasteiger partial charge >= 0.3 is 0 Å². The van der Waals surface area contributed by atoms with Gasteiger partial charge in [-0.3, -0.25) is 0 Å². The number of nitrogens with one attached hydrogen (secondary N) is 2. The highest BCUT2D eigenvalue weighted by Gasteiger charge is 1.96. The van der Waals surface area contributed by atoms with Crippen LogP contribution in [0.1, 0.15) is 0 Å². The molecule has 0 amide bonds. The van der Waals surface area contributed by atoms with Crippen molar-refractivity contribution >= 4 is 27.4 Å². The molecule has 0 aliphatic heterocycles. The quantitative estimate of drug-likeness (QED) is 0.845. The lowest BCUT2D eigenvalue weighted by atomic mass is 10.3. The number of nitrogens with zero attached hydrogens (tertiary/aromatic N) is 2. The first-order valence-corrected chi connectivity index (χ1v) is 4.52. The largest absolute Gasteiger partial charge is 0.337 e. The monoisotopic (exact) mass is 238 g/mol. The number of rotatable bonds is 2. The smallest absolute Gasteiger partial charge is 0.172 e. The van der Waals surface area contributed by atoms with Gasteiger partial charge in [-0.1, -0.05) is 22.0 Å². The van der Waals surface area contributed by atoms with Crippen molar-refractivity contribution in [2.24, 2.45) is 0 Å². The van der Waals surface area contributed by atoms with E-state index in [1.807, 2.05) is 24.3 Å². The van der Waals surface area contributed by atoms with Gasteiger partial charge in [0.25, 0.3) is 0 Å². The molecule has 0 saturated heterocycles. The molecule has 1 aromatic heterocycles. The third-order valence-electron chi connectivity index (χ3n) is 1.51. The fraction of sp³-hybridized carbons (Fsp3) is 0. The Hall–Kier alpha value is -1.36. The third-order valence-corrected chi connectivity index (χ3v) is 2.01. The van der Waals surface area contributed by atoms with Crippen LogP contribution < -0.4 is 5.32 Å². The highest BCUT2D eigenvalue weighted by Crippen LogP contribution is 2.18. The Kier molecular flexibility index (Phi) is 2.27. The number of hydrogen-bond acceptors (Lipinski definition) is 3. The predicted octanol–water partition coefficient (Wildman–Crippen LogP) is 2.31. The fourth-order valence-corrected chi connectivity index (χ4v) is 1.38. The van der Waals surface area contributed by atoms with Crippen molar-refractivity contribution in [3.8, 4) is 0 Å². The van der Waals surface area contributed by atoms with E-state index in [1.165, 1.54) is 0 Å². The molecule has 13 heavy (non-hydrogen) atoms. The van der Waals surface area contributed by atoms with Crippen LogP contribution in [0.5, 0.6) is 0 Å². The van der Waals surface area contributed by atoms with Crippen LogP contribution in [-0.2, 0) is 0 Å². The number of benzene rings is 1. The van der Waals surface area contributed by atoms with E-state index < -0.39 is 0 Å². The minimum absolute atomic E-state index is 0.707. The Labute approximate surface area is 83.5 Å². The standard InChI is InChI=1S/C8H7BrN4/c9-6-2-1-3-7(4-6)11-8-5-10-13-12-8/h1-5H,(H2,10,11,12,13). The fourth-order valence-electron chi connectivity index (χ4n) is 0.976. The summed E-state index contributed by atoms with van der Waals surface area (Å²) in [5, 5.41) is 13.2. The zero-order valence-electron chi connectivity index (χ0n) is 6.66. The number of anilines is 2. The number of aromatic amines is 1. The number of halogens is 1. The van der Waals surface area contributed by atoms with Gasteiger partial charge in [0.2, 0.25) is 0 Å². The van der Waals surface area contributed by atoms with E-state index in [2.05, 4.69) is 36.7 Å². The summed E-state index contributed by atoms with van der Waals surface area (Å²) in [6.07, 6.45) is 1.63. The Morgan fingerprint density at radius 3 is 3.00 bits per heavy atom. The molecule has 66 valence electrons. The molecule has 0 spiro atoms. The Morgan fingerprint density at radius 2 is 2.31 bits per heavy atom. The topological polar surface area (TPSA) is 53.6 Å². The molecule has 2 N–H and O–H groups in total. The van der Waals surface area contributed by atoms with E-state index in [-0.39, 0.29) is 0 Å². The van der Waals surface area contributed by atoms with Gasteiger partial charge < -0.3 is 5.32 Å². The maximum absolute atomic E-state index is 3.88. The third kappa shape index (κ3) is 2.06. The van der Waals surface area contributed by atoms with Gasteiger partial charge in [-0.15, -0.1) is 5.10 Å². The lowest BCUT2D eigenvalue weighted by Crippen LogP contribution is -1.89. The molecule has 0 fully saturated rings. The van der Waals surface area contributed by atoms with Crippen LogP contribution in [0.3, 0.4) is 0 Å². The lowest BCUT2D eigenvalue weighted by Gasteiger charge is -2.01. The molecule has 0 aliphatic rings. The van der Waals surface area contributed by atoms with Gasteiger partial charge in [0.15, 0.2) is 5.82 Å². The first-order chi connectivity index (χ1) is 6.34. The molecule has 4 nitrogen and oxygen atoms in total. The summed E-state index contributed by atoms with van der Waals surface area (Å²) in [6.45, 7) is 0. The van der Waals surface area contributed by atoms with Crippen molar-refractivity contribution < 1.29 is 0 Å². The Balaban J connectivity index is 2.19. The highest BCUT2D eigenvalue weighted by molar-refractivity contribution is 9.10. The average Bonchev–Trinajstić information content (AvgIpc) is 2.57. The SMILES string of the molecule is Brc1cccc(Nc2cn[nH]n2)c1. The van der Waals surface area contributed by atoms with Crippen LogP contribution in [0, 0.1) is 0 Å². The van der Waals surface area contributed by atoms with Crippen molar-refractivity contribution in [3.63, 3.8) is 0 Å². The van der Waals surface area contributed by atoms with Crippen LogP contribution in [0.2, 0.25) is 0 Å². The first-order valence-electron chi connectivity index (χ1n) is 3.73. The van der Waals surface area contributed by atoms with Gasteiger partial charge in [-0.25, -0.2) is 0 Å². The van der Waals surface area contributed by atoms with E-state index in [4.69, 9.17) is 0 Å². The molecule has 1 heterocycles. The predicted molar refractivity (Wildman–Crippen MR) is 53.8 cm³/mol. The minimum atomic E-state index is 0.707. The summed E-state index contributed by atoms with van der Waals surface area (Å²) in [4.78, 5) is 0. The normalized spacial score (nSPS) is 9.92. The molecule has 0 unspecified atom stereocenters. The van der Waals surface area contributed by atoms with Crippen LogP contribution in [0.15, 0.2) is 34.9 Å². The molecule has 0 atom stereocenters. The molecule has 5 heteroatoms. The molecule has 2 aromatic rings. The second-order valence-corrected chi connectivity index (χ2v) is 3.41. The van der Waals surface area contributed by atoms with Gasteiger partial charge in [0.05, 0.1) is 6.20 Å². The van der Waals surface area contributed by atoms with Crippen LogP contribution in [-0.4, -0.2) is 15.4 Å². The average molecular weight is 239 g/mol. The van der Waals surface area contributed by atoms with E-state index in [9.17, 15) is 0 Å². The Bertz CT molecular complexity index is 385. The maximum atomic E-state index is 3.88. The molecule has 1 aromatic carbocycles. The van der Waals surface area contributed by atoms with Gasteiger partial charge in [0.1, 0.15) is 0 Å². The van der Waals surface area contributed by atoms with Crippen molar-refractivity contribution in [2.45, 2.75) is 0 Å². The van der Waals surface area contributed by atoms with Crippen molar-refractivity contribution in [2.75, 3.05) is 5.32 Å². The summed E-state index contributed by atoms with van der Waals surface area (Å²) in [7, 11) is 0. The molecule has 0 bridgehead atoms. The van der Waals surface area contributed by atoms with Gasteiger partial charge in [0, 0.05) is 10.2 Å². The zero-order chi connectivity index (χ0) is 9.10. The second-order valence-electron chi connectivity index (χ2n) is 2.49. The second kappa shape index (κ2) is 3.57. The van der Waals surface area contributed by atoms with Crippen LogP contribution >= 0.6 is 15.9 Å². The molecule has 0 radical (unpaired) electrons. The summed E-state index contributed by atoms with van der Waals surface area (Å²) < 4.78 is 1.03. The van der Waals surface area contributed by atoms with Gasteiger partial charge in [-0.05, 0) is 18.2 Å². The lowest BCUT2D eigenvalue weighted by molar-refractivity contribution is 0.942. The zero-order valence-corrected chi connectivity index (χ0v) is 8.25. The van der Waals surface area contributed by atoms with E-state index >= 15 is 0 Å². The highest BCUT2D eigenvalue weighted by atomic mass is 79.9. The Morgan fingerprint density at radius 1 is 1.38 bits per heavy atom. The van der Waals surface area contributed by atoms with Crippen molar-refractivity contribution in [3.05, 3.63) is 34.9 Å². The number of H-pyrrole nitrogens is 1. The first kappa shape index (κ1) is 8.25. The molecule has 0 saturated carbocycles. The summed E-state index contributed by atoms with van der Waals surface area (Å²) in [5.41, 5.74) is 0.975. The number of hydrogen-bond donors (Lipinski definition) is 2. The summed E-state index contributed by atoms with van der Waals surface area (Å²) in [6, 6.07) is 7.84. The maximum Gasteiger partial charge on any atom is 0.172 e. The molecule has 2 rings (SSSR count).